The van der Waals surface area contributed by atoms with E-state index in [2.05, 4.69) is 36.4 Å². The third kappa shape index (κ3) is 2.61. The van der Waals surface area contributed by atoms with Gasteiger partial charge < -0.3 is 5.11 Å². The highest BCUT2D eigenvalue weighted by atomic mass is 16.4. The van der Waals surface area contributed by atoms with Crippen LogP contribution < -0.4 is 0 Å². The van der Waals surface area contributed by atoms with Crippen LogP contribution in [0.15, 0.2) is 72.8 Å². The lowest BCUT2D eigenvalue weighted by molar-refractivity contribution is -0.131. The molecule has 1 aliphatic rings. The van der Waals surface area contributed by atoms with Gasteiger partial charge in [0.05, 0.1) is 0 Å². The molecule has 0 amide bonds. The van der Waals surface area contributed by atoms with E-state index in [1.807, 2.05) is 30.3 Å². The number of aliphatic carboxylic acids is 1. The van der Waals surface area contributed by atoms with E-state index in [-0.39, 0.29) is 5.92 Å². The molecule has 0 aromatic heterocycles. The van der Waals surface area contributed by atoms with Gasteiger partial charge >= 0.3 is 5.97 Å². The number of rotatable bonds is 2. The maximum absolute atomic E-state index is 11.4. The van der Waals surface area contributed by atoms with Crippen molar-refractivity contribution in [1.82, 2.24) is 0 Å². The summed E-state index contributed by atoms with van der Waals surface area (Å²) in [7, 11) is 0. The highest BCUT2D eigenvalue weighted by molar-refractivity contribution is 5.93. The Morgan fingerprint density at radius 3 is 2.54 bits per heavy atom. The van der Waals surface area contributed by atoms with Crippen LogP contribution in [-0.2, 0) is 11.2 Å². The summed E-state index contributed by atoms with van der Waals surface area (Å²) in [6.07, 6.45) is 3.30. The Morgan fingerprint density at radius 2 is 1.71 bits per heavy atom. The molecule has 0 saturated carbocycles. The molecule has 0 heterocycles. The highest BCUT2D eigenvalue weighted by Gasteiger charge is 2.25. The summed E-state index contributed by atoms with van der Waals surface area (Å²) in [6.45, 7) is 0. The standard InChI is InChI=1S/C22H18O2/c23-22(24)14-21-19-8-4-3-6-16(19)11-12-20(21)18-10-9-15-5-1-2-7-17(15)13-18/h1-10,13-14,20H,11-12H2,(H,23,24)/b21-14+/t20-/m1/s1. The SMILES string of the molecule is O=C(O)/C=C1\c2ccccc2CC[C@@H]1c1ccc2ccccc2c1. The van der Waals surface area contributed by atoms with Gasteiger partial charge in [0.2, 0.25) is 0 Å². The first-order valence-corrected chi connectivity index (χ1v) is 8.24. The van der Waals surface area contributed by atoms with Crippen molar-refractivity contribution in [3.63, 3.8) is 0 Å². The number of hydrogen-bond acceptors (Lipinski definition) is 1. The van der Waals surface area contributed by atoms with Gasteiger partial charge in [-0.2, -0.15) is 0 Å². The number of carbonyl (C=O) groups is 1. The third-order valence-corrected chi connectivity index (χ3v) is 4.86. The van der Waals surface area contributed by atoms with E-state index in [1.165, 1.54) is 28.0 Å². The zero-order valence-electron chi connectivity index (χ0n) is 13.3. The van der Waals surface area contributed by atoms with Crippen LogP contribution in [0, 0.1) is 0 Å². The van der Waals surface area contributed by atoms with Crippen LogP contribution in [0.5, 0.6) is 0 Å². The van der Waals surface area contributed by atoms with Gasteiger partial charge in [-0.1, -0.05) is 66.7 Å². The summed E-state index contributed by atoms with van der Waals surface area (Å²) in [5, 5.41) is 11.8. The molecular formula is C22H18O2. The van der Waals surface area contributed by atoms with Crippen LogP contribution >= 0.6 is 0 Å². The number of hydrogen-bond donors (Lipinski definition) is 1. The zero-order chi connectivity index (χ0) is 16.5. The number of carboxylic acid groups (broad SMARTS) is 1. The molecule has 0 bridgehead atoms. The molecule has 1 atom stereocenters. The minimum absolute atomic E-state index is 0.126. The summed E-state index contributed by atoms with van der Waals surface area (Å²) in [6, 6.07) is 22.9. The topological polar surface area (TPSA) is 37.3 Å². The van der Waals surface area contributed by atoms with E-state index in [0.29, 0.717) is 0 Å². The molecule has 2 heteroatoms. The van der Waals surface area contributed by atoms with Crippen LogP contribution in [0.2, 0.25) is 0 Å². The molecule has 1 aliphatic carbocycles. The van der Waals surface area contributed by atoms with Gasteiger partial charge in [0, 0.05) is 12.0 Å². The number of aryl methyl sites for hydroxylation is 1. The molecule has 1 N–H and O–H groups in total. The fourth-order valence-electron chi connectivity index (χ4n) is 3.75. The molecule has 24 heavy (non-hydrogen) atoms. The van der Waals surface area contributed by atoms with Crippen molar-refractivity contribution in [2.24, 2.45) is 0 Å². The maximum atomic E-state index is 11.4. The van der Waals surface area contributed by atoms with Crippen molar-refractivity contribution in [1.29, 1.82) is 0 Å². The molecule has 0 saturated heterocycles. The van der Waals surface area contributed by atoms with Gasteiger partial charge in [-0.15, -0.1) is 0 Å². The summed E-state index contributed by atoms with van der Waals surface area (Å²) >= 11 is 0. The van der Waals surface area contributed by atoms with Crippen LogP contribution in [0.3, 0.4) is 0 Å². The first-order chi connectivity index (χ1) is 11.7. The minimum Gasteiger partial charge on any atom is -0.478 e. The largest absolute Gasteiger partial charge is 0.478 e. The van der Waals surface area contributed by atoms with Crippen LogP contribution in [0.4, 0.5) is 0 Å². The summed E-state index contributed by atoms with van der Waals surface area (Å²) in [5.41, 5.74) is 4.42. The molecule has 3 aromatic carbocycles. The quantitative estimate of drug-likeness (QED) is 0.673. The fraction of sp³-hybridized carbons (Fsp3) is 0.136. The maximum Gasteiger partial charge on any atom is 0.328 e. The van der Waals surface area contributed by atoms with Crippen molar-refractivity contribution in [2.45, 2.75) is 18.8 Å². The molecule has 4 rings (SSSR count). The van der Waals surface area contributed by atoms with Crippen LogP contribution in [-0.4, -0.2) is 11.1 Å². The molecule has 118 valence electrons. The van der Waals surface area contributed by atoms with Gasteiger partial charge in [-0.25, -0.2) is 4.79 Å². The van der Waals surface area contributed by atoms with Crippen LogP contribution in [0.1, 0.15) is 29.0 Å². The van der Waals surface area contributed by atoms with Crippen molar-refractivity contribution >= 4 is 22.3 Å². The highest BCUT2D eigenvalue weighted by Crippen LogP contribution is 2.42. The molecule has 0 fully saturated rings. The van der Waals surface area contributed by atoms with Crippen molar-refractivity contribution in [3.05, 3.63) is 89.5 Å². The third-order valence-electron chi connectivity index (χ3n) is 4.86. The normalized spacial score (nSPS) is 18.5. The average Bonchev–Trinajstić information content (AvgIpc) is 2.61. The van der Waals surface area contributed by atoms with E-state index in [9.17, 15) is 9.90 Å². The smallest absolute Gasteiger partial charge is 0.328 e. The minimum atomic E-state index is -0.882. The number of benzene rings is 3. The predicted molar refractivity (Wildman–Crippen MR) is 97.1 cm³/mol. The van der Waals surface area contributed by atoms with E-state index >= 15 is 0 Å². The second-order valence-electron chi connectivity index (χ2n) is 6.29. The molecule has 0 spiro atoms. The Hall–Kier alpha value is -2.87. The van der Waals surface area contributed by atoms with Crippen LogP contribution in [0.25, 0.3) is 16.3 Å². The molecule has 0 unspecified atom stereocenters. The lowest BCUT2D eigenvalue weighted by atomic mass is 9.75. The zero-order valence-corrected chi connectivity index (χ0v) is 13.3. The summed E-state index contributed by atoms with van der Waals surface area (Å²) in [4.78, 5) is 11.4. The predicted octanol–water partition coefficient (Wildman–Crippen LogP) is 5.04. The van der Waals surface area contributed by atoms with Crippen molar-refractivity contribution in [2.75, 3.05) is 0 Å². The second-order valence-corrected chi connectivity index (χ2v) is 6.29. The van der Waals surface area contributed by atoms with Crippen molar-refractivity contribution in [3.8, 4) is 0 Å². The molecular weight excluding hydrogens is 296 g/mol. The Morgan fingerprint density at radius 1 is 0.958 bits per heavy atom. The van der Waals surface area contributed by atoms with Gasteiger partial charge in [0.1, 0.15) is 0 Å². The van der Waals surface area contributed by atoms with E-state index in [4.69, 9.17) is 0 Å². The lowest BCUT2D eigenvalue weighted by Gasteiger charge is -2.28. The molecule has 2 nitrogen and oxygen atoms in total. The Kier molecular flexibility index (Phi) is 3.66. The fourth-order valence-corrected chi connectivity index (χ4v) is 3.75. The van der Waals surface area contributed by atoms with Gasteiger partial charge in [-0.05, 0) is 45.9 Å². The second kappa shape index (κ2) is 5.97. The first-order valence-electron chi connectivity index (χ1n) is 8.24. The average molecular weight is 314 g/mol. The number of allylic oxidation sites excluding steroid dienone is 1. The Bertz CT molecular complexity index is 953. The van der Waals surface area contributed by atoms with E-state index in [1.54, 1.807) is 0 Å². The van der Waals surface area contributed by atoms with E-state index in [0.717, 1.165) is 24.0 Å². The monoisotopic (exact) mass is 314 g/mol. The van der Waals surface area contributed by atoms with Gasteiger partial charge in [0.25, 0.3) is 0 Å². The number of carboxylic acids is 1. The molecule has 0 aliphatic heterocycles. The molecule has 0 radical (unpaired) electrons. The Labute approximate surface area is 141 Å². The summed E-state index contributed by atoms with van der Waals surface area (Å²) < 4.78 is 0. The lowest BCUT2D eigenvalue weighted by Crippen LogP contribution is -2.13. The van der Waals surface area contributed by atoms with Gasteiger partial charge in [-0.3, -0.25) is 0 Å². The van der Waals surface area contributed by atoms with E-state index < -0.39 is 5.97 Å². The molecule has 3 aromatic rings. The number of fused-ring (bicyclic) bond motifs is 2. The van der Waals surface area contributed by atoms with Gasteiger partial charge in [0.15, 0.2) is 0 Å². The van der Waals surface area contributed by atoms with Crippen molar-refractivity contribution < 1.29 is 9.90 Å². The summed E-state index contributed by atoms with van der Waals surface area (Å²) in [5.74, 6) is -0.756. The Balaban J connectivity index is 1.85. The first kappa shape index (κ1) is 14.7.